The largest absolute Gasteiger partial charge is 0.379 e. The lowest BCUT2D eigenvalue weighted by atomic mass is 9.92. The van der Waals surface area contributed by atoms with Crippen LogP contribution in [0.1, 0.15) is 18.4 Å². The number of carbonyl (C=O) groups is 1. The van der Waals surface area contributed by atoms with E-state index in [1.54, 1.807) is 0 Å². The molecule has 0 atom stereocenters. The molecule has 2 radical (unpaired) electrons. The van der Waals surface area contributed by atoms with Gasteiger partial charge in [-0.3, -0.25) is 9.69 Å². The Morgan fingerprint density at radius 1 is 1.21 bits per heavy atom. The van der Waals surface area contributed by atoms with Gasteiger partial charge in [0.1, 0.15) is 7.85 Å². The minimum absolute atomic E-state index is 0.259. The summed E-state index contributed by atoms with van der Waals surface area (Å²) in [7, 11) is 5.81. The van der Waals surface area contributed by atoms with E-state index in [2.05, 4.69) is 23.1 Å². The van der Waals surface area contributed by atoms with Gasteiger partial charge in [0.25, 0.3) is 0 Å². The molecule has 0 spiro atoms. The van der Waals surface area contributed by atoms with Crippen molar-refractivity contribution >= 4 is 25.3 Å². The van der Waals surface area contributed by atoms with E-state index in [1.165, 1.54) is 0 Å². The summed E-state index contributed by atoms with van der Waals surface area (Å²) in [4.78, 5) is 16.6. The van der Waals surface area contributed by atoms with Crippen molar-refractivity contribution in [3.63, 3.8) is 0 Å². The summed E-state index contributed by atoms with van der Waals surface area (Å²) in [5.41, 5.74) is 1.93. The molecule has 0 aliphatic carbocycles. The molecule has 0 bridgehead atoms. The predicted molar refractivity (Wildman–Crippen MR) is 97.4 cm³/mol. The summed E-state index contributed by atoms with van der Waals surface area (Å²) >= 11 is 0. The fraction of sp³-hybridized carbons (Fsp3) is 0.526. The number of carbonyl (C=O) groups excluding carboxylic acids is 1. The highest BCUT2D eigenvalue weighted by Gasteiger charge is 2.23. The summed E-state index contributed by atoms with van der Waals surface area (Å²) in [6.45, 7) is 5.46. The first kappa shape index (κ1) is 17.2. The number of ether oxygens (including phenoxy) is 1. The van der Waals surface area contributed by atoms with Crippen LogP contribution >= 0.6 is 0 Å². The Hall–Kier alpha value is -1.59. The van der Waals surface area contributed by atoms with Crippen molar-refractivity contribution in [2.24, 2.45) is 5.92 Å². The molecule has 24 heavy (non-hydrogen) atoms. The van der Waals surface area contributed by atoms with Gasteiger partial charge in [0.05, 0.1) is 19.8 Å². The van der Waals surface area contributed by atoms with Gasteiger partial charge >= 0.3 is 0 Å². The Kier molecular flexibility index (Phi) is 6.10. The Labute approximate surface area is 145 Å². The molecule has 1 aromatic carbocycles. The third-order valence-electron chi connectivity index (χ3n) is 4.83. The van der Waals surface area contributed by atoms with Crippen LogP contribution in [0.15, 0.2) is 30.3 Å². The number of hydrogen-bond acceptors (Lipinski definition) is 3. The van der Waals surface area contributed by atoms with E-state index in [4.69, 9.17) is 12.6 Å². The number of likely N-dealkylation sites (tertiary alicyclic amines) is 1. The van der Waals surface area contributed by atoms with Gasteiger partial charge in [0, 0.05) is 26.2 Å². The number of allylic oxidation sites excluding steroid dienone is 1. The second kappa shape index (κ2) is 8.49. The molecule has 2 heterocycles. The molecule has 0 aromatic heterocycles. The number of morpholine rings is 1. The second-order valence-electron chi connectivity index (χ2n) is 6.64. The van der Waals surface area contributed by atoms with Crippen LogP contribution in [0.5, 0.6) is 0 Å². The fourth-order valence-electron chi connectivity index (χ4n) is 3.30. The van der Waals surface area contributed by atoms with Gasteiger partial charge in [-0.2, -0.15) is 0 Å². The number of nitrogens with zero attached hydrogens (tertiary/aromatic N) is 2. The average Bonchev–Trinajstić information content (AvgIpc) is 2.61. The van der Waals surface area contributed by atoms with E-state index in [1.807, 2.05) is 23.1 Å². The maximum absolute atomic E-state index is 12.4. The van der Waals surface area contributed by atoms with Gasteiger partial charge < -0.3 is 9.64 Å². The van der Waals surface area contributed by atoms with Crippen LogP contribution in [0, 0.1) is 5.92 Å². The number of hydrogen-bond donors (Lipinski definition) is 0. The Bertz CT molecular complexity index is 576. The molecular weight excluding hydrogens is 299 g/mol. The van der Waals surface area contributed by atoms with E-state index in [-0.39, 0.29) is 5.91 Å². The molecule has 2 saturated heterocycles. The van der Waals surface area contributed by atoms with Crippen molar-refractivity contribution in [2.45, 2.75) is 12.8 Å². The third kappa shape index (κ3) is 4.95. The van der Waals surface area contributed by atoms with Crippen LogP contribution in [0.25, 0.3) is 6.08 Å². The molecule has 4 nitrogen and oxygen atoms in total. The van der Waals surface area contributed by atoms with E-state index in [0.717, 1.165) is 63.3 Å². The van der Waals surface area contributed by atoms with Gasteiger partial charge in [-0.05, 0) is 24.3 Å². The first-order valence-electron chi connectivity index (χ1n) is 8.82. The number of amides is 1. The average molecular weight is 324 g/mol. The zero-order chi connectivity index (χ0) is 16.8. The first-order valence-corrected chi connectivity index (χ1v) is 8.82. The van der Waals surface area contributed by atoms with Crippen molar-refractivity contribution in [1.82, 2.24) is 9.80 Å². The summed E-state index contributed by atoms with van der Waals surface area (Å²) in [5.74, 6) is 0.800. The van der Waals surface area contributed by atoms with E-state index >= 15 is 0 Å². The highest BCUT2D eigenvalue weighted by atomic mass is 16.5. The van der Waals surface area contributed by atoms with Crippen molar-refractivity contribution < 1.29 is 9.53 Å². The predicted octanol–water partition coefficient (Wildman–Crippen LogP) is 1.06. The highest BCUT2D eigenvalue weighted by Crippen LogP contribution is 2.20. The van der Waals surface area contributed by atoms with Gasteiger partial charge in [-0.25, -0.2) is 0 Å². The smallest absolute Gasteiger partial charge is 0.236 e. The molecule has 0 N–H and O–H groups in total. The van der Waals surface area contributed by atoms with E-state index < -0.39 is 0 Å². The monoisotopic (exact) mass is 324 g/mol. The Balaban J connectivity index is 1.44. The van der Waals surface area contributed by atoms with Crippen LogP contribution in [0.4, 0.5) is 0 Å². The minimum atomic E-state index is 0.259. The second-order valence-corrected chi connectivity index (χ2v) is 6.64. The fourth-order valence-corrected chi connectivity index (χ4v) is 3.30. The molecule has 5 heteroatoms. The van der Waals surface area contributed by atoms with Crippen molar-refractivity contribution in [3.05, 3.63) is 35.9 Å². The molecule has 2 fully saturated rings. The van der Waals surface area contributed by atoms with Gasteiger partial charge in [-0.1, -0.05) is 41.9 Å². The normalized spacial score (nSPS) is 20.6. The zero-order valence-corrected chi connectivity index (χ0v) is 14.2. The number of rotatable bonds is 4. The van der Waals surface area contributed by atoms with Crippen LogP contribution in [-0.2, 0) is 9.53 Å². The van der Waals surface area contributed by atoms with Crippen molar-refractivity contribution in [3.8, 4) is 0 Å². The zero-order valence-electron chi connectivity index (χ0n) is 14.2. The van der Waals surface area contributed by atoms with Gasteiger partial charge in [0.2, 0.25) is 5.91 Å². The molecule has 2 aliphatic rings. The minimum Gasteiger partial charge on any atom is -0.379 e. The van der Waals surface area contributed by atoms with Crippen molar-refractivity contribution in [1.29, 1.82) is 0 Å². The maximum Gasteiger partial charge on any atom is 0.236 e. The first-order chi connectivity index (χ1) is 11.7. The quantitative estimate of drug-likeness (QED) is 0.777. The molecule has 0 unspecified atom stereocenters. The topological polar surface area (TPSA) is 32.8 Å². The molecule has 126 valence electrons. The van der Waals surface area contributed by atoms with Crippen LogP contribution < -0.4 is 5.46 Å². The summed E-state index contributed by atoms with van der Waals surface area (Å²) in [6.07, 6.45) is 6.48. The third-order valence-corrected chi connectivity index (χ3v) is 4.83. The Morgan fingerprint density at radius 2 is 1.96 bits per heavy atom. The highest BCUT2D eigenvalue weighted by molar-refractivity contribution is 6.32. The lowest BCUT2D eigenvalue weighted by molar-refractivity contribution is -0.134. The summed E-state index contributed by atoms with van der Waals surface area (Å²) < 4.78 is 5.33. The van der Waals surface area contributed by atoms with Crippen LogP contribution in [0.3, 0.4) is 0 Å². The maximum atomic E-state index is 12.4. The lowest BCUT2D eigenvalue weighted by Crippen LogP contribution is -2.46. The summed E-state index contributed by atoms with van der Waals surface area (Å²) in [5, 5.41) is 0. The van der Waals surface area contributed by atoms with Gasteiger partial charge in [0.15, 0.2) is 0 Å². The number of benzene rings is 1. The molecule has 1 aromatic rings. The summed E-state index contributed by atoms with van der Waals surface area (Å²) in [6, 6.07) is 7.92. The SMILES string of the molecule is [B]c1cccc(/C=C/C2CCN(C(=O)CN3CCOCC3)CC2)c1. The molecule has 0 saturated carbocycles. The molecule has 3 rings (SSSR count). The standard InChI is InChI=1S/C19H25BN2O2/c20-18-3-1-2-17(14-18)5-4-16-6-8-22(9-7-16)19(23)15-21-10-12-24-13-11-21/h1-5,14,16H,6-13,15H2/b5-4+. The van der Waals surface area contributed by atoms with E-state index in [0.29, 0.717) is 12.5 Å². The van der Waals surface area contributed by atoms with Gasteiger partial charge in [-0.15, -0.1) is 0 Å². The van der Waals surface area contributed by atoms with Crippen LogP contribution in [-0.4, -0.2) is 69.5 Å². The molecular formula is C19H25BN2O2. The molecule has 1 amide bonds. The lowest BCUT2D eigenvalue weighted by Gasteiger charge is -2.33. The van der Waals surface area contributed by atoms with Crippen molar-refractivity contribution in [2.75, 3.05) is 45.9 Å². The molecule has 2 aliphatic heterocycles. The number of piperidine rings is 1. The Morgan fingerprint density at radius 3 is 2.67 bits per heavy atom. The van der Waals surface area contributed by atoms with Crippen LogP contribution in [0.2, 0.25) is 0 Å². The van der Waals surface area contributed by atoms with E-state index in [9.17, 15) is 4.79 Å².